The third-order valence-corrected chi connectivity index (χ3v) is 15.4. The normalized spacial score (nSPS) is 11.4. The second-order valence-corrected chi connectivity index (χ2v) is 22.7. The van der Waals surface area contributed by atoms with E-state index in [0.717, 1.165) is 57.5 Å². The van der Waals surface area contributed by atoms with Gasteiger partial charge in [0.05, 0.1) is 49.6 Å². The summed E-state index contributed by atoms with van der Waals surface area (Å²) in [6.07, 6.45) is 3.37. The van der Waals surface area contributed by atoms with E-state index in [-0.39, 0.29) is 51.6 Å². The van der Waals surface area contributed by atoms with Crippen molar-refractivity contribution in [1.29, 1.82) is 5.26 Å². The molecule has 4 amide bonds. The molecule has 7 rings (SSSR count). The van der Waals surface area contributed by atoms with Crippen LogP contribution in [0.1, 0.15) is 125 Å². The smallest absolute Gasteiger partial charge is 0.336 e. The van der Waals surface area contributed by atoms with Gasteiger partial charge in [-0.15, -0.1) is 11.8 Å². The number of anilines is 4. The summed E-state index contributed by atoms with van der Waals surface area (Å²) in [5.74, 6) is -0.753. The molecule has 0 radical (unpaired) electrons. The molecule has 1 unspecified atom stereocenters. The highest BCUT2D eigenvalue weighted by molar-refractivity contribution is 7.99. The summed E-state index contributed by atoms with van der Waals surface area (Å²) in [7, 11) is 1.58. The molecule has 18 heteroatoms. The molecule has 0 aliphatic heterocycles. The number of urea groups is 1. The summed E-state index contributed by atoms with van der Waals surface area (Å²) >= 11 is 1.36. The number of carboxylic acid groups (broad SMARTS) is 1. The number of esters is 1. The minimum Gasteiger partial charge on any atom is -0.506 e. The van der Waals surface area contributed by atoms with Crippen molar-refractivity contribution in [2.45, 2.75) is 117 Å². The van der Waals surface area contributed by atoms with Crippen molar-refractivity contribution in [2.75, 3.05) is 40.7 Å². The fourth-order valence-corrected chi connectivity index (χ4v) is 9.32. The van der Waals surface area contributed by atoms with Crippen LogP contribution in [0.3, 0.4) is 0 Å². The summed E-state index contributed by atoms with van der Waals surface area (Å²) in [5, 5.41) is 51.1. The molecule has 0 aromatic heterocycles. The lowest BCUT2D eigenvalue weighted by Crippen LogP contribution is -2.31. The van der Waals surface area contributed by atoms with Gasteiger partial charge in [0.15, 0.2) is 6.10 Å². The monoisotopic (exact) mass is 1200 g/mol. The van der Waals surface area contributed by atoms with Crippen molar-refractivity contribution in [2.24, 2.45) is 0 Å². The van der Waals surface area contributed by atoms with E-state index in [2.05, 4.69) is 79.8 Å². The van der Waals surface area contributed by atoms with Gasteiger partial charge < -0.3 is 50.8 Å². The molecule has 454 valence electrons. The number of carbonyl (C=O) groups is 5. The van der Waals surface area contributed by atoms with Crippen molar-refractivity contribution < 1.29 is 53.5 Å². The summed E-state index contributed by atoms with van der Waals surface area (Å²) in [6, 6.07) is 40.2. The number of carbonyl (C=O) groups excluding carboxylic acids is 4. The first kappa shape index (κ1) is 68.0. The zero-order valence-electron chi connectivity index (χ0n) is 51.0. The average molecular weight is 1200 g/mol. The van der Waals surface area contributed by atoms with E-state index in [1.807, 2.05) is 63.2 Å². The Balaban J connectivity index is 0.000000258. The Morgan fingerprint density at radius 3 is 2.03 bits per heavy atom. The van der Waals surface area contributed by atoms with Gasteiger partial charge >= 0.3 is 18.0 Å². The van der Waals surface area contributed by atoms with Crippen LogP contribution >= 0.6 is 11.8 Å². The number of thioether (sulfide) groups is 1. The fourth-order valence-electron chi connectivity index (χ4n) is 8.28. The van der Waals surface area contributed by atoms with Gasteiger partial charge in [-0.25, -0.2) is 9.64 Å². The number of phenols is 2. The molecule has 1 atom stereocenters. The van der Waals surface area contributed by atoms with Gasteiger partial charge in [0.2, 0.25) is 0 Å². The van der Waals surface area contributed by atoms with Crippen molar-refractivity contribution in [3.05, 3.63) is 190 Å². The third-order valence-electron chi connectivity index (χ3n) is 14.3. The van der Waals surface area contributed by atoms with Gasteiger partial charge in [-0.2, -0.15) is 5.26 Å². The van der Waals surface area contributed by atoms with Gasteiger partial charge in [-0.3, -0.25) is 19.2 Å². The first-order valence-corrected chi connectivity index (χ1v) is 29.3. The number of nitriles is 1. The van der Waals surface area contributed by atoms with Crippen LogP contribution in [0.5, 0.6) is 23.0 Å². The van der Waals surface area contributed by atoms with E-state index >= 15 is 0 Å². The molecule has 0 bridgehead atoms. The van der Waals surface area contributed by atoms with Gasteiger partial charge in [0.25, 0.3) is 17.5 Å². The van der Waals surface area contributed by atoms with Crippen molar-refractivity contribution in [3.8, 4) is 29.1 Å². The lowest BCUT2D eigenvalue weighted by Gasteiger charge is -2.31. The van der Waals surface area contributed by atoms with E-state index in [9.17, 15) is 34.2 Å². The second kappa shape index (κ2) is 31.9. The number of rotatable bonds is 21. The topological polar surface area (TPSA) is 250 Å². The number of phenolic OH excluding ortho intramolecular Hbond substituents is 2. The summed E-state index contributed by atoms with van der Waals surface area (Å²) in [4.78, 5) is 64.6. The van der Waals surface area contributed by atoms with Crippen LogP contribution in [-0.2, 0) is 30.0 Å². The maximum Gasteiger partial charge on any atom is 0.336 e. The number of aromatic hydroxyl groups is 2. The molecule has 0 saturated carbocycles. The highest BCUT2D eigenvalue weighted by atomic mass is 32.2. The quantitative estimate of drug-likeness (QED) is 0.0116. The van der Waals surface area contributed by atoms with Gasteiger partial charge in [-0.05, 0) is 151 Å². The predicted octanol–water partition coefficient (Wildman–Crippen LogP) is 15.6. The average Bonchev–Trinajstić information content (AvgIpc) is 1.38. The molecule has 0 spiro atoms. The Morgan fingerprint density at radius 2 is 1.43 bits per heavy atom. The van der Waals surface area contributed by atoms with Crippen LogP contribution in [0.2, 0.25) is 0 Å². The number of ether oxygens (including phenoxy) is 3. The van der Waals surface area contributed by atoms with Gasteiger partial charge in [0.1, 0.15) is 23.0 Å². The third kappa shape index (κ3) is 19.6. The van der Waals surface area contributed by atoms with E-state index in [0.29, 0.717) is 46.1 Å². The number of hydrogen-bond donors (Lipinski definition) is 7. The molecule has 0 heterocycles. The molecule has 7 aromatic rings. The molecular weight excluding hydrogens is 1120 g/mol. The zero-order chi connectivity index (χ0) is 64.0. The van der Waals surface area contributed by atoms with Crippen LogP contribution < -0.4 is 30.7 Å². The Hall–Kier alpha value is -9.78. The van der Waals surface area contributed by atoms with Crippen LogP contribution in [0.15, 0.2) is 144 Å². The first-order valence-electron chi connectivity index (χ1n) is 28.3. The van der Waals surface area contributed by atoms with Crippen LogP contribution in [0.25, 0.3) is 21.7 Å². The summed E-state index contributed by atoms with van der Waals surface area (Å²) in [6.45, 7) is 27.8. The number of fused-ring (bicyclic) bond motifs is 1. The molecule has 7 aromatic carbocycles. The Labute approximate surface area is 513 Å². The van der Waals surface area contributed by atoms with Crippen molar-refractivity contribution in [3.63, 3.8) is 0 Å². The Kier molecular flexibility index (Phi) is 25.0. The molecule has 0 aliphatic rings. The molecular formula is C69H76N6O11S. The van der Waals surface area contributed by atoms with Crippen LogP contribution in [0.4, 0.5) is 27.5 Å². The molecule has 0 aliphatic carbocycles. The van der Waals surface area contributed by atoms with Crippen LogP contribution in [0, 0.1) is 31.8 Å². The fraction of sp³-hybridized carbons (Fsp3) is 0.290. The number of carboxylic acids is 1. The maximum absolute atomic E-state index is 13.0. The van der Waals surface area contributed by atoms with Crippen molar-refractivity contribution >= 4 is 81.1 Å². The zero-order valence-corrected chi connectivity index (χ0v) is 51.8. The highest BCUT2D eigenvalue weighted by Crippen LogP contribution is 2.40. The molecule has 7 N–H and O–H groups in total. The van der Waals surface area contributed by atoms with Gasteiger partial charge in [-0.1, -0.05) is 109 Å². The van der Waals surface area contributed by atoms with E-state index in [1.165, 1.54) is 35.5 Å². The largest absolute Gasteiger partial charge is 0.506 e. The minimum absolute atomic E-state index is 0.0177. The number of methoxy groups -OCH3 is 1. The number of hydrogen-bond acceptors (Lipinski definition) is 12. The first-order chi connectivity index (χ1) is 41.4. The lowest BCUT2D eigenvalue weighted by molar-refractivity contribution is -0.138. The molecule has 0 fully saturated rings. The maximum atomic E-state index is 13.0. The van der Waals surface area contributed by atoms with E-state index in [1.54, 1.807) is 86.8 Å². The molecule has 17 nitrogen and oxygen atoms in total. The minimum atomic E-state index is -0.872. The number of aliphatic carboxylic acids is 1. The number of amides is 4. The molecule has 0 saturated heterocycles. The summed E-state index contributed by atoms with van der Waals surface area (Å²) in [5.41, 5.74) is 7.21. The lowest BCUT2D eigenvalue weighted by atomic mass is 9.76. The summed E-state index contributed by atoms with van der Waals surface area (Å²) < 4.78 is 16.1. The molecule has 87 heavy (non-hydrogen) atoms. The number of aryl methyl sites for hydroxylation is 2. The Bertz CT molecular complexity index is 3700. The van der Waals surface area contributed by atoms with Gasteiger partial charge in [0, 0.05) is 44.7 Å². The van der Waals surface area contributed by atoms with Crippen molar-refractivity contribution in [1.82, 2.24) is 0 Å². The number of nitrogens with zero attached hydrogens (tertiary/aromatic N) is 2. The predicted molar refractivity (Wildman–Crippen MR) is 345 cm³/mol. The van der Waals surface area contributed by atoms with E-state index in [4.69, 9.17) is 31.2 Å². The van der Waals surface area contributed by atoms with Crippen LogP contribution in [-0.4, -0.2) is 70.7 Å². The SMILES string of the molecule is CCC(C)(C)c1ccc(OC(C)C(=O)Nc2ccc(NC(=O)Nc3ccc(C#N)cc3)c(O)c2)c(C(C)(C)CC)c1.Cc1ccc(C)c(NC(=O)c2cc(SCCC(=O)O)c3ccccc3c2O)c1.[C-]#[N+]/C(=C\c1ccc(OC)cc1)C(=O)OCCC. The Morgan fingerprint density at radius 1 is 0.759 bits per heavy atom. The highest BCUT2D eigenvalue weighted by Gasteiger charge is 2.29. The second-order valence-electron chi connectivity index (χ2n) is 21.6. The number of benzene rings is 7. The van der Waals surface area contributed by atoms with E-state index < -0.39 is 30.0 Å². The number of nitrogens with one attached hydrogen (secondary N) is 4. The standard InChI is InChI=1S/C33H40N4O4.C22H21NO4S.C14H15NO3/c1-8-32(4,5)23-12-17-29(26(18-23)33(6,7)9-2)41-21(3)30(39)35-25-15-16-27(28(38)19-25)37-31(40)36-24-13-10-22(20-34)11-14-24;1-13-7-8-14(2)18(11-13)23-22(27)17-12-19(28-10-9-20(24)25)15-5-3-4-6-16(15)21(17)26;1-4-9-18-14(16)13(15-2)10-11-5-7-12(17-3)8-6-11/h10-19,21,38H,8-9H2,1-7H3,(H,35,39)(H2,36,37,40);3-8,11-12,26H,9-10H2,1-2H3,(H,23,27)(H,24,25);5-8,10H,4,9H2,1,3H3/b;;13-10-.